The van der Waals surface area contributed by atoms with Crippen LogP contribution in [0.15, 0.2) is 0 Å². The van der Waals surface area contributed by atoms with Crippen molar-refractivity contribution in [3.63, 3.8) is 0 Å². The van der Waals surface area contributed by atoms with E-state index in [1.807, 2.05) is 0 Å². The van der Waals surface area contributed by atoms with Crippen molar-refractivity contribution >= 4 is 0 Å². The smallest absolute Gasteiger partial charge is 0.138 e. The quantitative estimate of drug-likeness (QED) is 0.351. The first kappa shape index (κ1) is 8.89. The second kappa shape index (κ2) is 3.46. The zero-order chi connectivity index (χ0) is 8.43. The van der Waals surface area contributed by atoms with Gasteiger partial charge in [-0.3, -0.25) is 5.32 Å². The topological polar surface area (TPSA) is 87.7 Å². The maximum absolute atomic E-state index is 9.27. The second-order valence-corrected chi connectivity index (χ2v) is 2.65. The molecule has 1 heterocycles. The summed E-state index contributed by atoms with van der Waals surface area (Å²) >= 11 is 0. The maximum Gasteiger partial charge on any atom is 0.138 e. The summed E-state index contributed by atoms with van der Waals surface area (Å²) in [5, 5.41) is 21.2. The monoisotopic (exact) mass is 162 g/mol. The Labute approximate surface area is 65.1 Å². The molecule has 1 aliphatic heterocycles. The molecule has 0 aromatic rings. The lowest BCUT2D eigenvalue weighted by atomic mass is 10.1. The van der Waals surface area contributed by atoms with E-state index >= 15 is 0 Å². The van der Waals surface area contributed by atoms with Gasteiger partial charge in [0.1, 0.15) is 18.4 Å². The van der Waals surface area contributed by atoms with Crippen molar-refractivity contribution in [2.24, 2.45) is 5.73 Å². The van der Waals surface area contributed by atoms with Crippen LogP contribution in [0.4, 0.5) is 0 Å². The Morgan fingerprint density at radius 3 is 2.45 bits per heavy atom. The van der Waals surface area contributed by atoms with Gasteiger partial charge in [0.2, 0.25) is 0 Å². The summed E-state index contributed by atoms with van der Waals surface area (Å²) in [7, 11) is 0. The van der Waals surface area contributed by atoms with Gasteiger partial charge in [0.05, 0.1) is 6.10 Å². The van der Waals surface area contributed by atoms with E-state index < -0.39 is 18.4 Å². The van der Waals surface area contributed by atoms with E-state index in [-0.39, 0.29) is 12.8 Å². The Kier molecular flexibility index (Phi) is 2.80. The first-order chi connectivity index (χ1) is 5.16. The Morgan fingerprint density at radius 1 is 1.45 bits per heavy atom. The average Bonchev–Trinajstić information content (AvgIpc) is 2.19. The van der Waals surface area contributed by atoms with Gasteiger partial charge in [-0.05, 0) is 6.92 Å². The normalized spacial score (nSPS) is 44.7. The van der Waals surface area contributed by atoms with Crippen molar-refractivity contribution < 1.29 is 14.9 Å². The number of hydrogen-bond donors (Lipinski definition) is 4. The van der Waals surface area contributed by atoms with E-state index in [0.717, 1.165) is 0 Å². The van der Waals surface area contributed by atoms with Crippen LogP contribution in [0.2, 0.25) is 0 Å². The molecule has 66 valence electrons. The van der Waals surface area contributed by atoms with E-state index in [1.165, 1.54) is 0 Å². The molecule has 11 heavy (non-hydrogen) atoms. The Bertz CT molecular complexity index is 133. The summed E-state index contributed by atoms with van der Waals surface area (Å²) in [4.78, 5) is 0. The highest BCUT2D eigenvalue weighted by Crippen LogP contribution is 2.18. The van der Waals surface area contributed by atoms with Crippen LogP contribution in [-0.4, -0.2) is 41.4 Å². The fourth-order valence-corrected chi connectivity index (χ4v) is 1.13. The fraction of sp³-hybridized carbons (Fsp3) is 1.00. The first-order valence-electron chi connectivity index (χ1n) is 3.62. The molecule has 0 bridgehead atoms. The first-order valence-corrected chi connectivity index (χ1v) is 3.62. The molecule has 5 nitrogen and oxygen atoms in total. The van der Waals surface area contributed by atoms with Gasteiger partial charge in [-0.2, -0.15) is 0 Å². The molecule has 0 spiro atoms. The molecule has 0 saturated carbocycles. The van der Waals surface area contributed by atoms with Gasteiger partial charge in [0, 0.05) is 6.67 Å². The predicted octanol–water partition coefficient (Wildman–Crippen LogP) is -2.04. The van der Waals surface area contributed by atoms with Gasteiger partial charge in [-0.15, -0.1) is 0 Å². The van der Waals surface area contributed by atoms with Crippen LogP contribution < -0.4 is 11.1 Å². The summed E-state index contributed by atoms with van der Waals surface area (Å²) in [6, 6.07) is 0. The summed E-state index contributed by atoms with van der Waals surface area (Å²) in [5.41, 5.74) is 5.18. The van der Waals surface area contributed by atoms with Crippen molar-refractivity contribution in [1.82, 2.24) is 5.32 Å². The molecular weight excluding hydrogens is 148 g/mol. The highest BCUT2D eigenvalue weighted by atomic mass is 16.6. The van der Waals surface area contributed by atoms with Crippen LogP contribution in [0.3, 0.4) is 0 Å². The van der Waals surface area contributed by atoms with E-state index in [4.69, 9.17) is 10.5 Å². The standard InChI is InChI=1S/C6H14N2O3/c1-3-4(9)5(10)6(11-3)8-2-7/h3-6,8-10H,2,7H2,1H3/t3-,4?,5?,6-/m0/s1. The lowest BCUT2D eigenvalue weighted by Gasteiger charge is -2.14. The molecule has 1 aliphatic rings. The summed E-state index contributed by atoms with van der Waals surface area (Å²) in [6.45, 7) is 1.92. The highest BCUT2D eigenvalue weighted by molar-refractivity contribution is 4.86. The molecule has 4 atom stereocenters. The number of nitrogens with two attached hydrogens (primary N) is 1. The number of rotatable bonds is 2. The predicted molar refractivity (Wildman–Crippen MR) is 38.5 cm³/mol. The third-order valence-electron chi connectivity index (χ3n) is 1.82. The van der Waals surface area contributed by atoms with Crippen LogP contribution >= 0.6 is 0 Å². The van der Waals surface area contributed by atoms with Gasteiger partial charge < -0.3 is 20.7 Å². The molecule has 1 fully saturated rings. The Morgan fingerprint density at radius 2 is 2.09 bits per heavy atom. The third-order valence-corrected chi connectivity index (χ3v) is 1.82. The van der Waals surface area contributed by atoms with Gasteiger partial charge in [0.25, 0.3) is 0 Å². The average molecular weight is 162 g/mol. The minimum Gasteiger partial charge on any atom is -0.388 e. The molecule has 0 aromatic carbocycles. The maximum atomic E-state index is 9.27. The molecule has 1 saturated heterocycles. The number of nitrogens with one attached hydrogen (secondary N) is 1. The zero-order valence-electron chi connectivity index (χ0n) is 6.40. The number of hydrogen-bond acceptors (Lipinski definition) is 5. The second-order valence-electron chi connectivity index (χ2n) is 2.65. The minimum absolute atomic E-state index is 0.223. The lowest BCUT2D eigenvalue weighted by Crippen LogP contribution is -2.43. The van der Waals surface area contributed by atoms with Crippen molar-refractivity contribution in [1.29, 1.82) is 0 Å². The SMILES string of the molecule is C[C@@H]1O[C@H](NCN)C(O)C1O. The molecule has 0 radical (unpaired) electrons. The number of ether oxygens (including phenoxy) is 1. The largest absolute Gasteiger partial charge is 0.388 e. The van der Waals surface area contributed by atoms with E-state index in [1.54, 1.807) is 6.92 Å². The molecule has 5 heteroatoms. The summed E-state index contributed by atoms with van der Waals surface area (Å²) in [6.07, 6.45) is -2.58. The molecular formula is C6H14N2O3. The van der Waals surface area contributed by atoms with Crippen LogP contribution in [0.1, 0.15) is 6.92 Å². The van der Waals surface area contributed by atoms with Crippen LogP contribution in [0, 0.1) is 0 Å². The number of aliphatic hydroxyl groups excluding tert-OH is 2. The molecule has 2 unspecified atom stereocenters. The van der Waals surface area contributed by atoms with Crippen LogP contribution in [0.25, 0.3) is 0 Å². The van der Waals surface area contributed by atoms with Gasteiger partial charge in [-0.1, -0.05) is 0 Å². The van der Waals surface area contributed by atoms with Crippen molar-refractivity contribution in [2.45, 2.75) is 31.5 Å². The summed E-state index contributed by atoms with van der Waals surface area (Å²) in [5.74, 6) is 0. The Balaban J connectivity index is 2.45. The van der Waals surface area contributed by atoms with Gasteiger partial charge in [0.15, 0.2) is 0 Å². The molecule has 1 rings (SSSR count). The molecule has 5 N–H and O–H groups in total. The number of aliphatic hydroxyl groups is 2. The highest BCUT2D eigenvalue weighted by Gasteiger charge is 2.39. The van der Waals surface area contributed by atoms with E-state index in [0.29, 0.717) is 0 Å². The van der Waals surface area contributed by atoms with Crippen molar-refractivity contribution in [2.75, 3.05) is 6.67 Å². The molecule has 0 aliphatic carbocycles. The van der Waals surface area contributed by atoms with Gasteiger partial charge in [-0.25, -0.2) is 0 Å². The third kappa shape index (κ3) is 1.69. The molecule has 0 amide bonds. The van der Waals surface area contributed by atoms with Gasteiger partial charge >= 0.3 is 0 Å². The minimum atomic E-state index is -0.881. The van der Waals surface area contributed by atoms with Crippen molar-refractivity contribution in [3.05, 3.63) is 0 Å². The van der Waals surface area contributed by atoms with Crippen molar-refractivity contribution in [3.8, 4) is 0 Å². The van der Waals surface area contributed by atoms with Crippen LogP contribution in [0.5, 0.6) is 0 Å². The summed E-state index contributed by atoms with van der Waals surface area (Å²) < 4.78 is 5.14. The van der Waals surface area contributed by atoms with Crippen LogP contribution in [-0.2, 0) is 4.74 Å². The zero-order valence-corrected chi connectivity index (χ0v) is 6.40. The molecule has 0 aromatic heterocycles. The van der Waals surface area contributed by atoms with E-state index in [9.17, 15) is 10.2 Å². The van der Waals surface area contributed by atoms with E-state index in [2.05, 4.69) is 5.32 Å². The Hall–Kier alpha value is -0.200. The lowest BCUT2D eigenvalue weighted by molar-refractivity contribution is -0.00441. The fourth-order valence-electron chi connectivity index (χ4n) is 1.13.